The topological polar surface area (TPSA) is 89.9 Å². The lowest BCUT2D eigenvalue weighted by Gasteiger charge is -2.04. The summed E-state index contributed by atoms with van der Waals surface area (Å²) < 4.78 is 8.93. The van der Waals surface area contributed by atoms with Gasteiger partial charge in [-0.05, 0) is 6.92 Å². The molecule has 0 aromatic carbocycles. The minimum absolute atomic E-state index is 0.187. The Balaban J connectivity index is 3.88. The van der Waals surface area contributed by atoms with Gasteiger partial charge in [0.2, 0.25) is 0 Å². The lowest BCUT2D eigenvalue weighted by atomic mass is 10.2. The molecule has 0 saturated carbocycles. The van der Waals surface area contributed by atoms with Gasteiger partial charge in [0.1, 0.15) is 0 Å². The number of hydrogen-bond donors (Lipinski definition) is 1. The van der Waals surface area contributed by atoms with Gasteiger partial charge < -0.3 is 14.6 Å². The van der Waals surface area contributed by atoms with Crippen LogP contribution in [-0.2, 0) is 23.9 Å². The van der Waals surface area contributed by atoms with Gasteiger partial charge in [-0.1, -0.05) is 6.58 Å². The molecule has 0 aliphatic rings. The highest BCUT2D eigenvalue weighted by molar-refractivity contribution is 5.93. The van der Waals surface area contributed by atoms with Crippen molar-refractivity contribution in [2.45, 2.75) is 13.3 Å². The zero-order chi connectivity index (χ0) is 11.8. The summed E-state index contributed by atoms with van der Waals surface area (Å²) in [7, 11) is 0. The summed E-state index contributed by atoms with van der Waals surface area (Å²) in [5.74, 6) is -2.78. The SMILES string of the molecule is C=C(CC(=O)O)C(=O)OCC(=O)OCC. The van der Waals surface area contributed by atoms with Gasteiger partial charge in [-0.3, -0.25) is 4.79 Å². The van der Waals surface area contributed by atoms with E-state index in [0.717, 1.165) is 0 Å². The number of ether oxygens (including phenoxy) is 2. The van der Waals surface area contributed by atoms with Crippen LogP contribution in [0.1, 0.15) is 13.3 Å². The highest BCUT2D eigenvalue weighted by Crippen LogP contribution is 2.00. The van der Waals surface area contributed by atoms with Crippen LogP contribution in [0.3, 0.4) is 0 Å². The maximum absolute atomic E-state index is 11.0. The number of carboxylic acid groups (broad SMARTS) is 1. The van der Waals surface area contributed by atoms with Crippen LogP contribution in [0.25, 0.3) is 0 Å². The van der Waals surface area contributed by atoms with E-state index in [1.807, 2.05) is 0 Å². The van der Waals surface area contributed by atoms with Crippen molar-refractivity contribution >= 4 is 17.9 Å². The molecule has 6 nitrogen and oxygen atoms in total. The largest absolute Gasteiger partial charge is 0.481 e. The van der Waals surface area contributed by atoms with E-state index in [0.29, 0.717) is 0 Å². The van der Waals surface area contributed by atoms with Crippen molar-refractivity contribution in [1.82, 2.24) is 0 Å². The minimum atomic E-state index is -1.19. The fourth-order valence-corrected chi connectivity index (χ4v) is 0.684. The Morgan fingerprint density at radius 1 is 1.27 bits per heavy atom. The second kappa shape index (κ2) is 6.58. The van der Waals surface area contributed by atoms with Crippen LogP contribution in [0.5, 0.6) is 0 Å². The summed E-state index contributed by atoms with van der Waals surface area (Å²) >= 11 is 0. The van der Waals surface area contributed by atoms with Gasteiger partial charge in [0, 0.05) is 5.57 Å². The molecule has 0 rings (SSSR count). The number of carbonyl (C=O) groups is 3. The Morgan fingerprint density at radius 2 is 1.87 bits per heavy atom. The minimum Gasteiger partial charge on any atom is -0.481 e. The van der Waals surface area contributed by atoms with Crippen molar-refractivity contribution in [3.63, 3.8) is 0 Å². The Kier molecular flexibility index (Phi) is 5.77. The molecule has 0 fully saturated rings. The number of hydrogen-bond acceptors (Lipinski definition) is 5. The monoisotopic (exact) mass is 216 g/mol. The Hall–Kier alpha value is -1.85. The van der Waals surface area contributed by atoms with E-state index >= 15 is 0 Å². The van der Waals surface area contributed by atoms with Crippen LogP contribution in [0.15, 0.2) is 12.2 Å². The smallest absolute Gasteiger partial charge is 0.344 e. The molecule has 0 saturated heterocycles. The second-order valence-corrected chi connectivity index (χ2v) is 2.56. The first-order chi connectivity index (χ1) is 6.97. The Morgan fingerprint density at radius 3 is 2.33 bits per heavy atom. The Labute approximate surface area is 86.5 Å². The molecule has 1 N–H and O–H groups in total. The van der Waals surface area contributed by atoms with E-state index in [4.69, 9.17) is 5.11 Å². The van der Waals surface area contributed by atoms with Crippen LogP contribution < -0.4 is 0 Å². The highest BCUT2D eigenvalue weighted by Gasteiger charge is 2.14. The van der Waals surface area contributed by atoms with Gasteiger partial charge >= 0.3 is 17.9 Å². The fraction of sp³-hybridized carbons (Fsp3) is 0.444. The molecular formula is C9H12O6. The third-order valence-electron chi connectivity index (χ3n) is 1.28. The molecule has 0 amide bonds. The quantitative estimate of drug-likeness (QED) is 0.501. The summed E-state index contributed by atoms with van der Waals surface area (Å²) in [5, 5.41) is 8.33. The molecule has 15 heavy (non-hydrogen) atoms. The van der Waals surface area contributed by atoms with E-state index in [1.54, 1.807) is 6.92 Å². The molecule has 0 heterocycles. The van der Waals surface area contributed by atoms with Gasteiger partial charge in [-0.25, -0.2) is 9.59 Å². The predicted octanol–water partition coefficient (Wildman–Crippen LogP) is 0.124. The van der Waals surface area contributed by atoms with Crippen LogP contribution in [-0.4, -0.2) is 36.2 Å². The van der Waals surface area contributed by atoms with Crippen molar-refractivity contribution in [1.29, 1.82) is 0 Å². The molecule has 0 atom stereocenters. The average molecular weight is 216 g/mol. The second-order valence-electron chi connectivity index (χ2n) is 2.56. The molecule has 0 aliphatic heterocycles. The number of rotatable bonds is 6. The van der Waals surface area contributed by atoms with E-state index in [2.05, 4.69) is 16.1 Å². The molecule has 0 aromatic heterocycles. The summed E-state index contributed by atoms with van der Waals surface area (Å²) in [5.41, 5.74) is -0.216. The summed E-state index contributed by atoms with van der Waals surface area (Å²) in [6, 6.07) is 0. The first-order valence-electron chi connectivity index (χ1n) is 4.19. The summed E-state index contributed by atoms with van der Waals surface area (Å²) in [6.07, 6.45) is -0.512. The van der Waals surface area contributed by atoms with E-state index in [9.17, 15) is 14.4 Å². The zero-order valence-corrected chi connectivity index (χ0v) is 8.32. The molecule has 0 spiro atoms. The van der Waals surface area contributed by atoms with Gasteiger partial charge in [0.05, 0.1) is 13.0 Å². The van der Waals surface area contributed by atoms with E-state index in [-0.39, 0.29) is 12.2 Å². The van der Waals surface area contributed by atoms with Crippen LogP contribution in [0, 0.1) is 0 Å². The van der Waals surface area contributed by atoms with Crippen LogP contribution in [0.4, 0.5) is 0 Å². The summed E-state index contributed by atoms with van der Waals surface area (Å²) in [4.78, 5) is 31.9. The number of carboxylic acids is 1. The molecule has 0 radical (unpaired) electrons. The third-order valence-corrected chi connectivity index (χ3v) is 1.28. The summed E-state index contributed by atoms with van der Waals surface area (Å²) in [6.45, 7) is 4.48. The van der Waals surface area contributed by atoms with E-state index in [1.165, 1.54) is 0 Å². The molecule has 0 bridgehead atoms. The van der Waals surface area contributed by atoms with Gasteiger partial charge in [0.25, 0.3) is 0 Å². The Bertz CT molecular complexity index is 280. The maximum atomic E-state index is 11.0. The number of carbonyl (C=O) groups excluding carboxylic acids is 2. The van der Waals surface area contributed by atoms with Gasteiger partial charge in [-0.2, -0.15) is 0 Å². The molecule has 0 aromatic rings. The lowest BCUT2D eigenvalue weighted by molar-refractivity contribution is -0.156. The predicted molar refractivity (Wildman–Crippen MR) is 49.0 cm³/mol. The van der Waals surface area contributed by atoms with Crippen LogP contribution >= 0.6 is 0 Å². The van der Waals surface area contributed by atoms with Crippen molar-refractivity contribution in [2.75, 3.05) is 13.2 Å². The molecule has 0 unspecified atom stereocenters. The first kappa shape index (κ1) is 13.2. The molecule has 84 valence electrons. The lowest BCUT2D eigenvalue weighted by Crippen LogP contribution is -2.18. The standard InChI is InChI=1S/C9H12O6/c1-3-14-8(12)5-15-9(13)6(2)4-7(10)11/h2-5H2,1H3,(H,10,11). The maximum Gasteiger partial charge on any atom is 0.344 e. The van der Waals surface area contributed by atoms with E-state index < -0.39 is 30.9 Å². The zero-order valence-electron chi connectivity index (χ0n) is 8.32. The van der Waals surface area contributed by atoms with Crippen molar-refractivity contribution < 1.29 is 29.0 Å². The fourth-order valence-electron chi connectivity index (χ4n) is 0.684. The van der Waals surface area contributed by atoms with Gasteiger partial charge in [-0.15, -0.1) is 0 Å². The van der Waals surface area contributed by atoms with Crippen molar-refractivity contribution in [2.24, 2.45) is 0 Å². The molecular weight excluding hydrogens is 204 g/mol. The van der Waals surface area contributed by atoms with Crippen molar-refractivity contribution in [3.8, 4) is 0 Å². The number of esters is 2. The van der Waals surface area contributed by atoms with Gasteiger partial charge in [0.15, 0.2) is 6.61 Å². The first-order valence-corrected chi connectivity index (χ1v) is 4.19. The average Bonchev–Trinajstić information content (AvgIpc) is 2.13. The molecule has 0 aliphatic carbocycles. The normalized spacial score (nSPS) is 9.13. The van der Waals surface area contributed by atoms with Crippen molar-refractivity contribution in [3.05, 3.63) is 12.2 Å². The number of aliphatic carboxylic acids is 1. The van der Waals surface area contributed by atoms with Crippen LogP contribution in [0.2, 0.25) is 0 Å². The highest BCUT2D eigenvalue weighted by atomic mass is 16.6. The third kappa shape index (κ3) is 6.25. The molecule has 6 heteroatoms.